The first-order valence-corrected chi connectivity index (χ1v) is 12.2. The van der Waals surface area contributed by atoms with Gasteiger partial charge in [0.05, 0.1) is 28.9 Å². The molecule has 3 heteroatoms. The summed E-state index contributed by atoms with van der Waals surface area (Å²) in [4.78, 5) is 3.90. The summed E-state index contributed by atoms with van der Waals surface area (Å²) < 4.78 is 2.11. The third kappa shape index (κ3) is 3.57. The van der Waals surface area contributed by atoms with Crippen molar-refractivity contribution in [2.45, 2.75) is 13.8 Å². The Morgan fingerprint density at radius 2 is 1.16 bits per heavy atom. The predicted molar refractivity (Wildman–Crippen MR) is 152 cm³/mol. The molecule has 0 unspecified atom stereocenters. The SMILES string of the molecule is [C-]#[N+]c1c(C)cc(C)c(C#N)c1-n1c2ccc(-c3ccccc3)cc2c2cc(-c3ccccc3)ccc21. The molecule has 0 bridgehead atoms. The molecule has 0 saturated heterocycles. The van der Waals surface area contributed by atoms with E-state index in [0.717, 1.165) is 55.2 Å². The average molecular weight is 474 g/mol. The molecule has 1 heterocycles. The van der Waals surface area contributed by atoms with Gasteiger partial charge in [-0.05, 0) is 71.5 Å². The Morgan fingerprint density at radius 3 is 1.62 bits per heavy atom. The van der Waals surface area contributed by atoms with Crippen molar-refractivity contribution in [3.8, 4) is 34.0 Å². The lowest BCUT2D eigenvalue weighted by molar-refractivity contribution is 1.15. The highest BCUT2D eigenvalue weighted by molar-refractivity contribution is 6.12. The van der Waals surface area contributed by atoms with Crippen molar-refractivity contribution in [2.75, 3.05) is 0 Å². The van der Waals surface area contributed by atoms with E-state index in [4.69, 9.17) is 6.57 Å². The maximum Gasteiger partial charge on any atom is 0.214 e. The van der Waals surface area contributed by atoms with E-state index in [1.165, 1.54) is 0 Å². The Kier molecular flexibility index (Phi) is 5.33. The Labute approximate surface area is 216 Å². The second-order valence-electron chi connectivity index (χ2n) is 9.34. The van der Waals surface area contributed by atoms with Crippen molar-refractivity contribution in [2.24, 2.45) is 0 Å². The summed E-state index contributed by atoms with van der Waals surface area (Å²) in [5, 5.41) is 12.4. The van der Waals surface area contributed by atoms with Gasteiger partial charge in [0.1, 0.15) is 6.07 Å². The standard InChI is InChI=1S/C34H23N3/c1-22-18-23(2)33(36-3)34(30(22)21-35)37-31-16-14-26(24-10-6-4-7-11-24)19-28(31)29-20-27(15-17-32(29)37)25-12-8-5-9-13-25/h4-20H,1-2H3. The molecule has 0 atom stereocenters. The van der Waals surface area contributed by atoms with Crippen LogP contribution in [-0.2, 0) is 0 Å². The molecular weight excluding hydrogens is 450 g/mol. The fraction of sp³-hybridized carbons (Fsp3) is 0.0588. The minimum absolute atomic E-state index is 0.514. The van der Waals surface area contributed by atoms with E-state index in [1.807, 2.05) is 56.3 Å². The molecule has 3 nitrogen and oxygen atoms in total. The number of nitrogens with zero attached hydrogens (tertiary/aromatic N) is 3. The van der Waals surface area contributed by atoms with Crippen molar-refractivity contribution >= 4 is 27.5 Å². The van der Waals surface area contributed by atoms with Crippen molar-refractivity contribution in [3.63, 3.8) is 0 Å². The van der Waals surface area contributed by atoms with E-state index in [2.05, 4.69) is 76.1 Å². The fourth-order valence-electron chi connectivity index (χ4n) is 5.34. The lowest BCUT2D eigenvalue weighted by atomic mass is 10.0. The number of hydrogen-bond donors (Lipinski definition) is 0. The first-order valence-electron chi connectivity index (χ1n) is 12.2. The Balaban J connectivity index is 1.76. The van der Waals surface area contributed by atoms with Gasteiger partial charge in [-0.3, -0.25) is 0 Å². The molecule has 1 aromatic heterocycles. The predicted octanol–water partition coefficient (Wildman–Crippen LogP) is 9.16. The normalized spacial score (nSPS) is 10.9. The molecule has 6 rings (SSSR count). The molecule has 0 saturated carbocycles. The molecule has 0 amide bonds. The summed E-state index contributed by atoms with van der Waals surface area (Å²) >= 11 is 0. The second-order valence-corrected chi connectivity index (χ2v) is 9.34. The fourth-order valence-corrected chi connectivity index (χ4v) is 5.34. The lowest BCUT2D eigenvalue weighted by Crippen LogP contribution is -2.01. The van der Waals surface area contributed by atoms with Gasteiger partial charge in [-0.25, -0.2) is 4.85 Å². The zero-order valence-corrected chi connectivity index (χ0v) is 20.7. The Hall–Kier alpha value is -5.12. The number of aromatic nitrogens is 1. The van der Waals surface area contributed by atoms with E-state index >= 15 is 0 Å². The quantitative estimate of drug-likeness (QED) is 0.236. The van der Waals surface area contributed by atoms with Gasteiger partial charge in [-0.15, -0.1) is 0 Å². The third-order valence-corrected chi connectivity index (χ3v) is 7.09. The molecule has 0 radical (unpaired) electrons. The molecule has 174 valence electrons. The zero-order chi connectivity index (χ0) is 25.5. The maximum atomic E-state index is 10.2. The van der Waals surface area contributed by atoms with Crippen molar-refractivity contribution in [1.29, 1.82) is 5.26 Å². The molecule has 5 aromatic carbocycles. The molecular formula is C34H23N3. The van der Waals surface area contributed by atoms with Gasteiger partial charge in [-0.1, -0.05) is 78.9 Å². The van der Waals surface area contributed by atoms with Crippen LogP contribution in [0.15, 0.2) is 103 Å². The minimum atomic E-state index is 0.514. The minimum Gasteiger partial charge on any atom is -0.318 e. The number of benzene rings is 5. The van der Waals surface area contributed by atoms with Gasteiger partial charge in [0.15, 0.2) is 0 Å². The number of aryl methyl sites for hydroxylation is 2. The van der Waals surface area contributed by atoms with Crippen molar-refractivity contribution in [1.82, 2.24) is 4.57 Å². The maximum absolute atomic E-state index is 10.2. The summed E-state index contributed by atoms with van der Waals surface area (Å²) in [7, 11) is 0. The molecule has 0 aliphatic rings. The first-order chi connectivity index (χ1) is 18.1. The van der Waals surface area contributed by atoms with Crippen LogP contribution in [0.4, 0.5) is 5.69 Å². The van der Waals surface area contributed by atoms with Gasteiger partial charge < -0.3 is 4.57 Å². The number of rotatable bonds is 3. The van der Waals surface area contributed by atoms with Crippen LogP contribution in [0.25, 0.3) is 54.6 Å². The smallest absolute Gasteiger partial charge is 0.214 e. The number of fused-ring (bicyclic) bond motifs is 3. The van der Waals surface area contributed by atoms with E-state index in [1.54, 1.807) is 0 Å². The average Bonchev–Trinajstić information content (AvgIpc) is 3.26. The van der Waals surface area contributed by atoms with Crippen LogP contribution in [0.2, 0.25) is 0 Å². The zero-order valence-electron chi connectivity index (χ0n) is 20.7. The van der Waals surface area contributed by atoms with Crippen LogP contribution in [-0.4, -0.2) is 4.57 Å². The van der Waals surface area contributed by atoms with Crippen molar-refractivity contribution in [3.05, 3.63) is 131 Å². The highest BCUT2D eigenvalue weighted by Gasteiger charge is 2.22. The molecule has 0 N–H and O–H groups in total. The molecule has 0 spiro atoms. The highest BCUT2D eigenvalue weighted by Crippen LogP contribution is 2.42. The van der Waals surface area contributed by atoms with Crippen LogP contribution >= 0.6 is 0 Å². The molecule has 37 heavy (non-hydrogen) atoms. The summed E-state index contributed by atoms with van der Waals surface area (Å²) in [5.74, 6) is 0. The summed E-state index contributed by atoms with van der Waals surface area (Å²) in [5.41, 5.74) is 9.97. The Bertz CT molecular complexity index is 1760. The third-order valence-electron chi connectivity index (χ3n) is 7.09. The molecule has 0 aliphatic carbocycles. The monoisotopic (exact) mass is 473 g/mol. The number of nitriles is 1. The number of hydrogen-bond acceptors (Lipinski definition) is 1. The van der Waals surface area contributed by atoms with Gasteiger partial charge in [0.2, 0.25) is 5.69 Å². The Morgan fingerprint density at radius 1 is 0.649 bits per heavy atom. The largest absolute Gasteiger partial charge is 0.318 e. The molecule has 0 aliphatic heterocycles. The topological polar surface area (TPSA) is 33.1 Å². The summed E-state index contributed by atoms with van der Waals surface area (Å²) in [6.07, 6.45) is 0. The van der Waals surface area contributed by atoms with Crippen LogP contribution in [0, 0.1) is 31.8 Å². The summed E-state index contributed by atoms with van der Waals surface area (Å²) in [6.45, 7) is 11.9. The van der Waals surface area contributed by atoms with Gasteiger partial charge in [0, 0.05) is 10.8 Å². The molecule has 0 fully saturated rings. The van der Waals surface area contributed by atoms with E-state index in [0.29, 0.717) is 16.9 Å². The van der Waals surface area contributed by atoms with E-state index in [9.17, 15) is 5.26 Å². The van der Waals surface area contributed by atoms with Crippen molar-refractivity contribution < 1.29 is 0 Å². The summed E-state index contributed by atoms with van der Waals surface area (Å²) in [6, 6.07) is 38.0. The van der Waals surface area contributed by atoms with Gasteiger partial charge >= 0.3 is 0 Å². The van der Waals surface area contributed by atoms with Gasteiger partial charge in [-0.2, -0.15) is 5.26 Å². The van der Waals surface area contributed by atoms with Crippen LogP contribution in [0.1, 0.15) is 16.7 Å². The second kappa shape index (κ2) is 8.83. The van der Waals surface area contributed by atoms with Crippen LogP contribution < -0.4 is 0 Å². The van der Waals surface area contributed by atoms with Crippen LogP contribution in [0.3, 0.4) is 0 Å². The lowest BCUT2D eigenvalue weighted by Gasteiger charge is -2.16. The first kappa shape index (κ1) is 22.4. The molecule has 6 aromatic rings. The highest BCUT2D eigenvalue weighted by atomic mass is 15.0. The van der Waals surface area contributed by atoms with Gasteiger partial charge in [0.25, 0.3) is 0 Å². The van der Waals surface area contributed by atoms with Crippen LogP contribution in [0.5, 0.6) is 0 Å². The van der Waals surface area contributed by atoms with E-state index in [-0.39, 0.29) is 0 Å². The van der Waals surface area contributed by atoms with E-state index < -0.39 is 0 Å².